The summed E-state index contributed by atoms with van der Waals surface area (Å²) >= 11 is 0. The standard InChI is InChI=1S/C27H36O5/c1-7-9-11-19-12-13-21(25(28)29)22(16-19)23-17-20(27(4,5)6)15-18(3)24(23)32-26(30)31-14-10-8-2/h12-13,15-17H,7-11,14H2,1-6H3,(H,28,29). The SMILES string of the molecule is CCCCOC(=O)Oc1c(C)cc(C(C)(C)C)cc1-c1cc(CCCC)ccc1C(=O)O. The fourth-order valence-electron chi connectivity index (χ4n) is 3.49. The van der Waals surface area contributed by atoms with E-state index in [-0.39, 0.29) is 17.6 Å². The van der Waals surface area contributed by atoms with Crippen LogP contribution in [0.5, 0.6) is 5.75 Å². The number of ether oxygens (including phenoxy) is 2. The third-order valence-corrected chi connectivity index (χ3v) is 5.47. The van der Waals surface area contributed by atoms with Crippen LogP contribution in [0, 0.1) is 6.92 Å². The number of carboxylic acid groups (broad SMARTS) is 1. The molecule has 0 amide bonds. The van der Waals surface area contributed by atoms with E-state index < -0.39 is 12.1 Å². The Morgan fingerprint density at radius 1 is 0.969 bits per heavy atom. The average Bonchev–Trinajstić information content (AvgIpc) is 2.72. The zero-order chi connectivity index (χ0) is 23.9. The summed E-state index contributed by atoms with van der Waals surface area (Å²) in [7, 11) is 0. The molecule has 0 atom stereocenters. The molecule has 0 aromatic heterocycles. The van der Waals surface area contributed by atoms with Gasteiger partial charge in [0, 0.05) is 11.1 Å². The van der Waals surface area contributed by atoms with E-state index in [0.717, 1.165) is 48.8 Å². The molecule has 0 fully saturated rings. The van der Waals surface area contributed by atoms with Crippen LogP contribution in [0.4, 0.5) is 4.79 Å². The summed E-state index contributed by atoms with van der Waals surface area (Å²) in [6.45, 7) is 12.6. The largest absolute Gasteiger partial charge is 0.513 e. The van der Waals surface area contributed by atoms with Gasteiger partial charge in [0.1, 0.15) is 5.75 Å². The Balaban J connectivity index is 2.66. The van der Waals surface area contributed by atoms with Crippen LogP contribution >= 0.6 is 0 Å². The van der Waals surface area contributed by atoms with Gasteiger partial charge in [-0.3, -0.25) is 0 Å². The molecule has 0 saturated carbocycles. The average molecular weight is 441 g/mol. The number of hydrogen-bond donors (Lipinski definition) is 1. The van der Waals surface area contributed by atoms with Crippen molar-refractivity contribution in [1.29, 1.82) is 0 Å². The lowest BCUT2D eigenvalue weighted by atomic mass is 9.83. The molecule has 2 rings (SSSR count). The normalized spacial score (nSPS) is 11.3. The second-order valence-electron chi connectivity index (χ2n) is 9.26. The number of aromatic carboxylic acids is 1. The van der Waals surface area contributed by atoms with Crippen LogP contribution in [-0.4, -0.2) is 23.8 Å². The van der Waals surface area contributed by atoms with Crippen LogP contribution < -0.4 is 4.74 Å². The first-order valence-corrected chi connectivity index (χ1v) is 11.4. The molecule has 0 aliphatic heterocycles. The molecule has 0 spiro atoms. The predicted octanol–water partition coefficient (Wildman–Crippen LogP) is 7.32. The first-order valence-electron chi connectivity index (χ1n) is 11.4. The lowest BCUT2D eigenvalue weighted by molar-refractivity contribution is 0.0697. The summed E-state index contributed by atoms with van der Waals surface area (Å²) in [5, 5.41) is 9.88. The van der Waals surface area contributed by atoms with Crippen molar-refractivity contribution in [1.82, 2.24) is 0 Å². The number of benzene rings is 2. The molecule has 0 aliphatic carbocycles. The number of carboxylic acids is 1. The Morgan fingerprint density at radius 3 is 2.25 bits per heavy atom. The second kappa shape index (κ2) is 11.2. The minimum atomic E-state index is -1.02. The van der Waals surface area contributed by atoms with Crippen molar-refractivity contribution in [3.05, 3.63) is 52.6 Å². The van der Waals surface area contributed by atoms with E-state index in [9.17, 15) is 14.7 Å². The molecule has 0 radical (unpaired) electrons. The van der Waals surface area contributed by atoms with Crippen molar-refractivity contribution >= 4 is 12.1 Å². The second-order valence-corrected chi connectivity index (χ2v) is 9.26. The molecule has 32 heavy (non-hydrogen) atoms. The van der Waals surface area contributed by atoms with Crippen LogP contribution in [0.15, 0.2) is 30.3 Å². The Hall–Kier alpha value is -2.82. The van der Waals surface area contributed by atoms with Gasteiger partial charge in [0.2, 0.25) is 0 Å². The number of hydrogen-bond acceptors (Lipinski definition) is 4. The van der Waals surface area contributed by atoms with Gasteiger partial charge in [0.15, 0.2) is 0 Å². The lowest BCUT2D eigenvalue weighted by Gasteiger charge is -2.23. The zero-order valence-corrected chi connectivity index (χ0v) is 20.2. The molecular formula is C27H36O5. The number of unbranched alkanes of at least 4 members (excludes halogenated alkanes) is 2. The van der Waals surface area contributed by atoms with Gasteiger partial charge < -0.3 is 14.6 Å². The minimum Gasteiger partial charge on any atom is -0.478 e. The number of rotatable bonds is 9. The van der Waals surface area contributed by atoms with Gasteiger partial charge in [-0.1, -0.05) is 65.7 Å². The molecule has 2 aromatic rings. The lowest BCUT2D eigenvalue weighted by Crippen LogP contribution is -2.16. The van der Waals surface area contributed by atoms with Gasteiger partial charge in [0.25, 0.3) is 0 Å². The molecule has 2 aromatic carbocycles. The third kappa shape index (κ3) is 6.59. The zero-order valence-electron chi connectivity index (χ0n) is 20.2. The molecule has 0 heterocycles. The first-order chi connectivity index (χ1) is 15.1. The Morgan fingerprint density at radius 2 is 1.66 bits per heavy atom. The van der Waals surface area contributed by atoms with E-state index >= 15 is 0 Å². The Bertz CT molecular complexity index is 953. The van der Waals surface area contributed by atoms with Crippen molar-refractivity contribution < 1.29 is 24.2 Å². The van der Waals surface area contributed by atoms with E-state index in [1.165, 1.54) is 0 Å². The van der Waals surface area contributed by atoms with Crippen LogP contribution in [0.3, 0.4) is 0 Å². The molecule has 0 aliphatic rings. The summed E-state index contributed by atoms with van der Waals surface area (Å²) in [5.41, 5.74) is 4.02. The Kier molecular flexibility index (Phi) is 8.88. The van der Waals surface area contributed by atoms with Crippen molar-refractivity contribution in [2.24, 2.45) is 0 Å². The van der Waals surface area contributed by atoms with Crippen molar-refractivity contribution in [2.45, 2.75) is 79.1 Å². The van der Waals surface area contributed by atoms with Gasteiger partial charge >= 0.3 is 12.1 Å². The molecular weight excluding hydrogens is 404 g/mol. The van der Waals surface area contributed by atoms with Crippen LogP contribution in [-0.2, 0) is 16.6 Å². The van der Waals surface area contributed by atoms with Crippen molar-refractivity contribution in [3.8, 4) is 16.9 Å². The quantitative estimate of drug-likeness (QED) is 0.251. The summed E-state index contributed by atoms with van der Waals surface area (Å²) < 4.78 is 10.9. The first kappa shape index (κ1) is 25.4. The highest BCUT2D eigenvalue weighted by molar-refractivity contribution is 5.97. The van der Waals surface area contributed by atoms with Gasteiger partial charge in [-0.25, -0.2) is 9.59 Å². The highest BCUT2D eigenvalue weighted by Gasteiger charge is 2.24. The van der Waals surface area contributed by atoms with Crippen LogP contribution in [0.1, 0.15) is 87.4 Å². The van der Waals surface area contributed by atoms with Crippen LogP contribution in [0.25, 0.3) is 11.1 Å². The smallest absolute Gasteiger partial charge is 0.478 e. The highest BCUT2D eigenvalue weighted by atomic mass is 16.7. The molecule has 174 valence electrons. The topological polar surface area (TPSA) is 72.8 Å². The monoisotopic (exact) mass is 440 g/mol. The molecule has 0 bridgehead atoms. The van der Waals surface area contributed by atoms with Crippen LogP contribution in [0.2, 0.25) is 0 Å². The molecule has 1 N–H and O–H groups in total. The van der Waals surface area contributed by atoms with E-state index in [2.05, 4.69) is 27.7 Å². The van der Waals surface area contributed by atoms with Crippen molar-refractivity contribution in [2.75, 3.05) is 6.61 Å². The summed E-state index contributed by atoms with van der Waals surface area (Å²) in [5.74, 6) is -0.674. The molecule has 5 heteroatoms. The van der Waals surface area contributed by atoms with E-state index in [0.29, 0.717) is 16.9 Å². The van der Waals surface area contributed by atoms with E-state index in [1.807, 2.05) is 38.1 Å². The maximum atomic E-state index is 12.4. The maximum Gasteiger partial charge on any atom is 0.513 e. The van der Waals surface area contributed by atoms with Gasteiger partial charge in [-0.05, 0) is 60.4 Å². The van der Waals surface area contributed by atoms with E-state index in [1.54, 1.807) is 6.07 Å². The highest BCUT2D eigenvalue weighted by Crippen LogP contribution is 2.40. The Labute approximate surface area is 191 Å². The van der Waals surface area contributed by atoms with Gasteiger partial charge in [-0.2, -0.15) is 0 Å². The fourth-order valence-corrected chi connectivity index (χ4v) is 3.49. The predicted molar refractivity (Wildman–Crippen MR) is 128 cm³/mol. The summed E-state index contributed by atoms with van der Waals surface area (Å²) in [6, 6.07) is 9.34. The number of aryl methyl sites for hydroxylation is 2. The summed E-state index contributed by atoms with van der Waals surface area (Å²) in [4.78, 5) is 24.4. The molecule has 0 saturated heterocycles. The number of carbonyl (C=O) groups excluding carboxylic acids is 1. The molecule has 0 unspecified atom stereocenters. The molecule has 5 nitrogen and oxygen atoms in total. The van der Waals surface area contributed by atoms with E-state index in [4.69, 9.17) is 9.47 Å². The number of carbonyl (C=O) groups is 2. The summed E-state index contributed by atoms with van der Waals surface area (Å²) in [6.07, 6.45) is 3.81. The van der Waals surface area contributed by atoms with Gasteiger partial charge in [0.05, 0.1) is 12.2 Å². The fraction of sp³-hybridized carbons (Fsp3) is 0.481. The van der Waals surface area contributed by atoms with Crippen molar-refractivity contribution in [3.63, 3.8) is 0 Å². The minimum absolute atomic E-state index is 0.164. The third-order valence-electron chi connectivity index (χ3n) is 5.47. The van der Waals surface area contributed by atoms with Gasteiger partial charge in [-0.15, -0.1) is 0 Å². The maximum absolute atomic E-state index is 12.4.